The van der Waals surface area contributed by atoms with E-state index in [0.29, 0.717) is 6.04 Å². The molecule has 1 saturated carbocycles. The van der Waals surface area contributed by atoms with Crippen molar-refractivity contribution in [3.8, 4) is 0 Å². The molecule has 2 atom stereocenters. The van der Waals surface area contributed by atoms with Crippen molar-refractivity contribution in [1.29, 1.82) is 0 Å². The molecule has 2 N–H and O–H groups in total. The third-order valence-corrected chi connectivity index (χ3v) is 5.24. The molecular weight excluding hydrogens is 236 g/mol. The zero-order valence-electron chi connectivity index (χ0n) is 12.9. The average molecular weight is 268 g/mol. The number of nitrogens with two attached hydrogens (primary N) is 1. The number of hydrogen-bond donors (Lipinski definition) is 1. The van der Waals surface area contributed by atoms with Crippen LogP contribution in [0.3, 0.4) is 0 Å². The molecule has 0 bridgehead atoms. The van der Waals surface area contributed by atoms with Crippen LogP contribution >= 0.6 is 0 Å². The molecule has 1 saturated heterocycles. The van der Waals surface area contributed by atoms with Crippen molar-refractivity contribution in [3.05, 3.63) is 0 Å². The molecule has 0 radical (unpaired) electrons. The molecule has 0 amide bonds. The van der Waals surface area contributed by atoms with Gasteiger partial charge in [0.15, 0.2) is 0 Å². The summed E-state index contributed by atoms with van der Waals surface area (Å²) in [5.74, 6) is 0.763. The summed E-state index contributed by atoms with van der Waals surface area (Å²) < 4.78 is 5.52. The lowest BCUT2D eigenvalue weighted by Crippen LogP contribution is -2.61. The van der Waals surface area contributed by atoms with Gasteiger partial charge in [-0.15, -0.1) is 0 Å². The van der Waals surface area contributed by atoms with E-state index in [1.165, 1.54) is 44.9 Å². The normalized spacial score (nSPS) is 27.3. The number of hydrogen-bond acceptors (Lipinski definition) is 3. The van der Waals surface area contributed by atoms with Gasteiger partial charge in [0, 0.05) is 24.7 Å². The van der Waals surface area contributed by atoms with Crippen LogP contribution in [0.1, 0.15) is 58.8 Å². The molecule has 0 aromatic rings. The molecule has 3 nitrogen and oxygen atoms in total. The van der Waals surface area contributed by atoms with Gasteiger partial charge >= 0.3 is 0 Å². The highest BCUT2D eigenvalue weighted by Gasteiger charge is 2.44. The van der Waals surface area contributed by atoms with Crippen molar-refractivity contribution in [2.75, 3.05) is 26.3 Å². The molecule has 1 heterocycles. The van der Waals surface area contributed by atoms with Gasteiger partial charge in [-0.3, -0.25) is 4.90 Å². The maximum Gasteiger partial charge on any atom is 0.0594 e. The zero-order chi connectivity index (χ0) is 13.7. The molecule has 1 aliphatic heterocycles. The first-order valence-electron chi connectivity index (χ1n) is 8.27. The third kappa shape index (κ3) is 3.50. The third-order valence-electron chi connectivity index (χ3n) is 5.24. The molecule has 2 rings (SSSR count). The van der Waals surface area contributed by atoms with E-state index in [1.807, 2.05) is 0 Å². The van der Waals surface area contributed by atoms with Gasteiger partial charge in [-0.05, 0) is 25.2 Å². The monoisotopic (exact) mass is 268 g/mol. The summed E-state index contributed by atoms with van der Waals surface area (Å²) in [7, 11) is 0. The van der Waals surface area contributed by atoms with Crippen molar-refractivity contribution < 1.29 is 4.74 Å². The van der Waals surface area contributed by atoms with E-state index >= 15 is 0 Å². The quantitative estimate of drug-likeness (QED) is 0.805. The topological polar surface area (TPSA) is 38.5 Å². The van der Waals surface area contributed by atoms with Crippen molar-refractivity contribution in [2.45, 2.75) is 70.4 Å². The first-order valence-corrected chi connectivity index (χ1v) is 8.27. The number of ether oxygens (including phenoxy) is 1. The first kappa shape index (κ1) is 15.3. The molecule has 2 unspecified atom stereocenters. The van der Waals surface area contributed by atoms with Crippen molar-refractivity contribution in [1.82, 2.24) is 4.90 Å². The number of morpholine rings is 1. The Kier molecular flexibility index (Phi) is 5.67. The Morgan fingerprint density at radius 1 is 1.21 bits per heavy atom. The molecule has 2 aliphatic rings. The van der Waals surface area contributed by atoms with E-state index in [1.54, 1.807) is 0 Å². The SMILES string of the molecule is CCCC(C)CC(N)C1(N2CCOCC2)CCCC1. The maximum absolute atomic E-state index is 6.69. The summed E-state index contributed by atoms with van der Waals surface area (Å²) in [6, 6.07) is 0.342. The van der Waals surface area contributed by atoms with Crippen LogP contribution in [0.2, 0.25) is 0 Å². The van der Waals surface area contributed by atoms with Crippen LogP contribution in [0.15, 0.2) is 0 Å². The maximum atomic E-state index is 6.69. The summed E-state index contributed by atoms with van der Waals surface area (Å²) >= 11 is 0. The van der Waals surface area contributed by atoms with Crippen molar-refractivity contribution in [3.63, 3.8) is 0 Å². The van der Waals surface area contributed by atoms with E-state index in [-0.39, 0.29) is 5.54 Å². The number of nitrogens with zero attached hydrogens (tertiary/aromatic N) is 1. The highest BCUT2D eigenvalue weighted by molar-refractivity contribution is 5.03. The average Bonchev–Trinajstić information content (AvgIpc) is 2.90. The first-order chi connectivity index (χ1) is 9.19. The lowest BCUT2D eigenvalue weighted by Gasteiger charge is -2.47. The largest absolute Gasteiger partial charge is 0.379 e. The Morgan fingerprint density at radius 3 is 2.42 bits per heavy atom. The van der Waals surface area contributed by atoms with Crippen LogP contribution in [0.5, 0.6) is 0 Å². The van der Waals surface area contributed by atoms with Gasteiger partial charge in [-0.1, -0.05) is 39.5 Å². The van der Waals surface area contributed by atoms with Gasteiger partial charge < -0.3 is 10.5 Å². The molecule has 2 fully saturated rings. The van der Waals surface area contributed by atoms with E-state index < -0.39 is 0 Å². The number of rotatable bonds is 6. The van der Waals surface area contributed by atoms with Gasteiger partial charge in [0.1, 0.15) is 0 Å². The lowest BCUT2D eigenvalue weighted by molar-refractivity contribution is -0.0332. The minimum absolute atomic E-state index is 0.284. The molecule has 3 heteroatoms. The molecule has 1 aliphatic carbocycles. The summed E-state index contributed by atoms with van der Waals surface area (Å²) in [6.45, 7) is 8.57. The predicted molar refractivity (Wildman–Crippen MR) is 80.3 cm³/mol. The van der Waals surface area contributed by atoms with Crippen LogP contribution in [-0.2, 0) is 4.74 Å². The molecule has 0 aromatic heterocycles. The zero-order valence-corrected chi connectivity index (χ0v) is 12.9. The highest BCUT2D eigenvalue weighted by atomic mass is 16.5. The second-order valence-electron chi connectivity index (χ2n) is 6.65. The predicted octanol–water partition coefficient (Wildman–Crippen LogP) is 2.79. The summed E-state index contributed by atoms with van der Waals surface area (Å²) in [4.78, 5) is 2.66. The standard InChI is InChI=1S/C16H32N2O/c1-3-6-14(2)13-15(17)16(7-4-5-8-16)18-9-11-19-12-10-18/h14-15H,3-13,17H2,1-2H3. The smallest absolute Gasteiger partial charge is 0.0594 e. The van der Waals surface area contributed by atoms with Gasteiger partial charge in [-0.2, -0.15) is 0 Å². The Morgan fingerprint density at radius 2 is 1.84 bits per heavy atom. The van der Waals surface area contributed by atoms with Gasteiger partial charge in [0.25, 0.3) is 0 Å². The summed E-state index contributed by atoms with van der Waals surface area (Å²) in [6.07, 6.45) is 9.08. The van der Waals surface area contributed by atoms with Crippen LogP contribution < -0.4 is 5.73 Å². The summed E-state index contributed by atoms with van der Waals surface area (Å²) in [5, 5.41) is 0. The minimum atomic E-state index is 0.284. The van der Waals surface area contributed by atoms with Gasteiger partial charge in [0.05, 0.1) is 13.2 Å². The fraction of sp³-hybridized carbons (Fsp3) is 1.00. The van der Waals surface area contributed by atoms with Crippen LogP contribution in [0.4, 0.5) is 0 Å². The van der Waals surface area contributed by atoms with Crippen LogP contribution in [0.25, 0.3) is 0 Å². The lowest BCUT2D eigenvalue weighted by atomic mass is 9.80. The fourth-order valence-electron chi connectivity index (χ4n) is 4.18. The second-order valence-corrected chi connectivity index (χ2v) is 6.65. The highest BCUT2D eigenvalue weighted by Crippen LogP contribution is 2.39. The van der Waals surface area contributed by atoms with Gasteiger partial charge in [0.2, 0.25) is 0 Å². The Hall–Kier alpha value is -0.120. The molecule has 0 spiro atoms. The molecular formula is C16H32N2O. The minimum Gasteiger partial charge on any atom is -0.379 e. The van der Waals surface area contributed by atoms with Crippen molar-refractivity contribution in [2.24, 2.45) is 11.7 Å². The fourth-order valence-corrected chi connectivity index (χ4v) is 4.18. The summed E-state index contributed by atoms with van der Waals surface area (Å²) in [5.41, 5.74) is 6.98. The second kappa shape index (κ2) is 7.05. The van der Waals surface area contributed by atoms with Crippen LogP contribution in [-0.4, -0.2) is 42.8 Å². The van der Waals surface area contributed by atoms with Gasteiger partial charge in [-0.25, -0.2) is 0 Å². The Balaban J connectivity index is 2.01. The van der Waals surface area contributed by atoms with E-state index in [0.717, 1.165) is 32.2 Å². The Labute approximate surface area is 118 Å². The van der Waals surface area contributed by atoms with Crippen molar-refractivity contribution >= 4 is 0 Å². The molecule has 112 valence electrons. The molecule has 19 heavy (non-hydrogen) atoms. The van der Waals surface area contributed by atoms with Crippen LogP contribution in [0, 0.1) is 5.92 Å². The van der Waals surface area contributed by atoms with E-state index in [2.05, 4.69) is 18.7 Å². The van der Waals surface area contributed by atoms with E-state index in [4.69, 9.17) is 10.5 Å². The Bertz CT molecular complexity index is 257. The van der Waals surface area contributed by atoms with E-state index in [9.17, 15) is 0 Å². The molecule has 0 aromatic carbocycles.